The van der Waals surface area contributed by atoms with Gasteiger partial charge < -0.3 is 19.5 Å². The van der Waals surface area contributed by atoms with E-state index in [9.17, 15) is 0 Å². The number of hydrogen-bond acceptors (Lipinski definition) is 3. The normalized spacial score (nSPS) is 17.4. The molecular formula is C28H26Cl2N4OS. The lowest BCUT2D eigenvalue weighted by Crippen LogP contribution is -2.29. The van der Waals surface area contributed by atoms with Gasteiger partial charge in [-0.3, -0.25) is 4.98 Å². The van der Waals surface area contributed by atoms with Crippen LogP contribution in [0.1, 0.15) is 41.7 Å². The summed E-state index contributed by atoms with van der Waals surface area (Å²) in [5, 5.41) is 5.22. The van der Waals surface area contributed by atoms with Gasteiger partial charge in [0, 0.05) is 23.3 Å². The lowest BCUT2D eigenvalue weighted by Gasteiger charge is -2.28. The van der Waals surface area contributed by atoms with E-state index in [4.69, 9.17) is 40.2 Å². The third kappa shape index (κ3) is 4.34. The molecule has 5 nitrogen and oxygen atoms in total. The highest BCUT2D eigenvalue weighted by atomic mass is 35.5. The first-order valence-electron chi connectivity index (χ1n) is 11.8. The maximum atomic E-state index is 6.64. The van der Waals surface area contributed by atoms with E-state index >= 15 is 0 Å². The molecule has 0 bridgehead atoms. The number of hydrogen-bond donors (Lipinski definition) is 1. The van der Waals surface area contributed by atoms with Crippen LogP contribution in [0.2, 0.25) is 10.0 Å². The molecule has 3 heterocycles. The van der Waals surface area contributed by atoms with E-state index < -0.39 is 0 Å². The van der Waals surface area contributed by atoms with E-state index in [1.807, 2.05) is 67.7 Å². The highest BCUT2D eigenvalue weighted by molar-refractivity contribution is 7.80. The molecular weight excluding hydrogens is 511 g/mol. The Balaban J connectivity index is 1.66. The zero-order valence-electron chi connectivity index (χ0n) is 20.2. The molecule has 0 radical (unpaired) electrons. The van der Waals surface area contributed by atoms with Crippen molar-refractivity contribution < 1.29 is 4.74 Å². The van der Waals surface area contributed by atoms with Crippen LogP contribution >= 0.6 is 35.4 Å². The zero-order chi connectivity index (χ0) is 25.4. The summed E-state index contributed by atoms with van der Waals surface area (Å²) in [6.45, 7) is 6.77. The second-order valence-electron chi connectivity index (χ2n) is 8.66. The summed E-state index contributed by atoms with van der Waals surface area (Å²) < 4.78 is 7.81. The molecule has 2 aromatic heterocycles. The van der Waals surface area contributed by atoms with E-state index in [0.29, 0.717) is 21.8 Å². The summed E-state index contributed by atoms with van der Waals surface area (Å²) in [5.41, 5.74) is 5.98. The fourth-order valence-corrected chi connectivity index (χ4v) is 5.67. The van der Waals surface area contributed by atoms with Crippen LogP contribution in [0.25, 0.3) is 5.69 Å². The van der Waals surface area contributed by atoms with Gasteiger partial charge in [0.2, 0.25) is 0 Å². The van der Waals surface area contributed by atoms with Crippen molar-refractivity contribution in [2.24, 2.45) is 0 Å². The molecule has 1 N–H and O–H groups in total. The van der Waals surface area contributed by atoms with Crippen molar-refractivity contribution in [1.29, 1.82) is 0 Å². The molecule has 0 aliphatic carbocycles. The fraction of sp³-hybridized carbons (Fsp3) is 0.214. The van der Waals surface area contributed by atoms with E-state index in [2.05, 4.69) is 39.7 Å². The van der Waals surface area contributed by atoms with Crippen molar-refractivity contribution in [3.8, 4) is 11.4 Å². The van der Waals surface area contributed by atoms with Gasteiger partial charge >= 0.3 is 0 Å². The molecule has 36 heavy (non-hydrogen) atoms. The third-order valence-electron chi connectivity index (χ3n) is 6.49. The Kier molecular flexibility index (Phi) is 6.93. The summed E-state index contributed by atoms with van der Waals surface area (Å²) in [7, 11) is 0. The molecule has 1 aliphatic heterocycles. The number of halogens is 2. The smallest absolute Gasteiger partial charge is 0.174 e. The Bertz CT molecular complexity index is 1410. The molecule has 2 atom stereocenters. The third-order valence-corrected chi connectivity index (χ3v) is 7.61. The molecule has 0 amide bonds. The highest BCUT2D eigenvalue weighted by Gasteiger charge is 2.42. The maximum Gasteiger partial charge on any atom is 0.174 e. The van der Waals surface area contributed by atoms with Crippen molar-refractivity contribution in [3.05, 3.63) is 106 Å². The van der Waals surface area contributed by atoms with Crippen LogP contribution in [0.3, 0.4) is 0 Å². The van der Waals surface area contributed by atoms with Gasteiger partial charge in [-0.15, -0.1) is 0 Å². The summed E-state index contributed by atoms with van der Waals surface area (Å²) in [5.74, 6) is 0.825. The second kappa shape index (κ2) is 10.1. The van der Waals surface area contributed by atoms with Crippen LogP contribution in [0.5, 0.6) is 5.75 Å². The number of nitrogens with one attached hydrogen (secondary N) is 1. The van der Waals surface area contributed by atoms with Crippen molar-refractivity contribution >= 4 is 46.2 Å². The number of ether oxygens (including phenoxy) is 1. The highest BCUT2D eigenvalue weighted by Crippen LogP contribution is 2.44. The minimum atomic E-state index is -0.144. The molecule has 2 aromatic carbocycles. The van der Waals surface area contributed by atoms with Crippen LogP contribution in [0.4, 0.5) is 5.69 Å². The average Bonchev–Trinajstić information content (AvgIpc) is 3.37. The molecule has 0 spiro atoms. The number of rotatable bonds is 6. The second-order valence-corrected chi connectivity index (χ2v) is 9.83. The number of anilines is 1. The number of aryl methyl sites for hydroxylation is 1. The van der Waals surface area contributed by atoms with Gasteiger partial charge in [0.1, 0.15) is 5.75 Å². The first-order valence-corrected chi connectivity index (χ1v) is 12.9. The monoisotopic (exact) mass is 536 g/mol. The Morgan fingerprint density at radius 2 is 1.81 bits per heavy atom. The van der Waals surface area contributed by atoms with E-state index in [1.54, 1.807) is 6.07 Å². The van der Waals surface area contributed by atoms with Crippen molar-refractivity contribution in [1.82, 2.24) is 14.9 Å². The number of pyridine rings is 1. The van der Waals surface area contributed by atoms with Gasteiger partial charge in [-0.05, 0) is 93.1 Å². The van der Waals surface area contributed by atoms with Crippen LogP contribution in [-0.4, -0.2) is 21.3 Å². The SMILES string of the molecule is CCOc1ccc(N2C(=S)N[C@@H](c3ccccn3)[C@H]2c2cc(C)n(-c3cccc(Cl)c3Cl)c2C)cc1. The van der Waals surface area contributed by atoms with E-state index in [0.717, 1.165) is 39.8 Å². The molecule has 0 saturated carbocycles. The Hall–Kier alpha value is -3.06. The summed E-state index contributed by atoms with van der Waals surface area (Å²) >= 11 is 18.9. The predicted molar refractivity (Wildman–Crippen MR) is 151 cm³/mol. The minimum absolute atomic E-state index is 0.136. The standard InChI is InChI=1S/C28H26Cl2N4OS/c1-4-35-20-13-11-19(12-14-20)34-27(26(32-28(34)36)23-9-5-6-15-31-23)21-16-17(2)33(18(21)3)24-10-7-8-22(29)25(24)30/h5-16,26-27H,4H2,1-3H3,(H,32,36)/t26-,27+/m0/s1. The maximum absolute atomic E-state index is 6.64. The van der Waals surface area contributed by atoms with Crippen molar-refractivity contribution in [2.45, 2.75) is 32.9 Å². The van der Waals surface area contributed by atoms with Crippen LogP contribution < -0.4 is 15.0 Å². The van der Waals surface area contributed by atoms with Gasteiger partial charge in [0.25, 0.3) is 0 Å². The van der Waals surface area contributed by atoms with Crippen LogP contribution in [0, 0.1) is 13.8 Å². The lowest BCUT2D eigenvalue weighted by atomic mass is 9.96. The summed E-state index contributed by atoms with van der Waals surface area (Å²) in [6.07, 6.45) is 1.81. The first-order chi connectivity index (χ1) is 17.4. The van der Waals surface area contributed by atoms with Gasteiger partial charge in [-0.25, -0.2) is 0 Å². The van der Waals surface area contributed by atoms with Crippen LogP contribution in [-0.2, 0) is 0 Å². The molecule has 1 aliphatic rings. The van der Waals surface area contributed by atoms with Crippen molar-refractivity contribution in [3.63, 3.8) is 0 Å². The Morgan fingerprint density at radius 1 is 1.03 bits per heavy atom. The molecule has 1 saturated heterocycles. The van der Waals surface area contributed by atoms with Crippen LogP contribution in [0.15, 0.2) is 72.9 Å². The molecule has 1 fully saturated rings. The average molecular weight is 538 g/mol. The Labute approximate surface area is 226 Å². The predicted octanol–water partition coefficient (Wildman–Crippen LogP) is 7.37. The quantitative estimate of drug-likeness (QED) is 0.260. The molecule has 0 unspecified atom stereocenters. The van der Waals surface area contributed by atoms with Crippen molar-refractivity contribution in [2.75, 3.05) is 11.5 Å². The van der Waals surface area contributed by atoms with Gasteiger partial charge in [-0.1, -0.05) is 35.3 Å². The largest absolute Gasteiger partial charge is 0.494 e. The number of thiocarbonyl (C=S) groups is 1. The minimum Gasteiger partial charge on any atom is -0.494 e. The number of aromatic nitrogens is 2. The molecule has 8 heteroatoms. The molecule has 184 valence electrons. The zero-order valence-corrected chi connectivity index (χ0v) is 22.5. The van der Waals surface area contributed by atoms with Gasteiger partial charge in [0.05, 0.1) is 40.1 Å². The molecule has 4 aromatic rings. The van der Waals surface area contributed by atoms with Gasteiger partial charge in [0.15, 0.2) is 5.11 Å². The lowest BCUT2D eigenvalue weighted by molar-refractivity contribution is 0.340. The van der Waals surface area contributed by atoms with E-state index in [-0.39, 0.29) is 12.1 Å². The van der Waals surface area contributed by atoms with E-state index in [1.165, 1.54) is 0 Å². The van der Waals surface area contributed by atoms with Gasteiger partial charge in [-0.2, -0.15) is 0 Å². The summed E-state index contributed by atoms with van der Waals surface area (Å²) in [4.78, 5) is 6.83. The molecule has 5 rings (SSSR count). The fourth-order valence-electron chi connectivity index (χ4n) is 4.94. The first kappa shape index (κ1) is 24.6. The number of nitrogens with zero attached hydrogens (tertiary/aromatic N) is 3. The number of benzene rings is 2. The topological polar surface area (TPSA) is 42.3 Å². The summed E-state index contributed by atoms with van der Waals surface area (Å²) in [6, 6.07) is 21.6. The Morgan fingerprint density at radius 3 is 2.50 bits per heavy atom.